The Labute approximate surface area is 137 Å². The highest BCUT2D eigenvalue weighted by atomic mass is 32.2. The van der Waals surface area contributed by atoms with Crippen molar-refractivity contribution in [1.82, 2.24) is 0 Å². The molecule has 0 spiro atoms. The summed E-state index contributed by atoms with van der Waals surface area (Å²) in [5.41, 5.74) is 1.34. The fourth-order valence-electron chi connectivity index (χ4n) is 2.42. The topological polar surface area (TPSA) is 54.4 Å². The van der Waals surface area contributed by atoms with E-state index in [-0.39, 0.29) is 4.90 Å². The smallest absolute Gasteiger partial charge is 0.282 e. The molecule has 0 aliphatic heterocycles. The lowest BCUT2D eigenvalue weighted by atomic mass is 10.1. The highest BCUT2D eigenvalue weighted by molar-refractivity contribution is 7.86. The van der Waals surface area contributed by atoms with E-state index in [4.69, 9.17) is 0 Å². The third kappa shape index (κ3) is 3.67. The summed E-state index contributed by atoms with van der Waals surface area (Å²) in [6.07, 6.45) is 0. The predicted octanol–water partition coefficient (Wildman–Crippen LogP) is 3.23. The predicted molar refractivity (Wildman–Crippen MR) is 95.7 cm³/mol. The highest BCUT2D eigenvalue weighted by Gasteiger charge is 2.17. The Morgan fingerprint density at radius 3 is 1.96 bits per heavy atom. The molecule has 0 aromatic heterocycles. The normalized spacial score (nSPS) is 11.9. The van der Waals surface area contributed by atoms with Gasteiger partial charge in [-0.05, 0) is 22.2 Å². The van der Waals surface area contributed by atoms with Gasteiger partial charge in [0.15, 0.2) is 0 Å². The second kappa shape index (κ2) is 6.63. The van der Waals surface area contributed by atoms with Crippen LogP contribution in [0.3, 0.4) is 0 Å². The Hall–Kier alpha value is -2.00. The standard InChI is InChI=1S/C18H15O3PS/c19-23(20,21)18-13-7-5-11-16(18)15-10-4-6-12-17(15)22-14-8-2-1-3-9-14/h1-13,22H,(H,19,20,21). The number of hydrogen-bond acceptors (Lipinski definition) is 2. The molecule has 0 heterocycles. The Morgan fingerprint density at radius 2 is 1.26 bits per heavy atom. The van der Waals surface area contributed by atoms with Crippen LogP contribution in [0.5, 0.6) is 0 Å². The summed E-state index contributed by atoms with van der Waals surface area (Å²) in [5, 5.41) is 2.21. The third-order valence-corrected chi connectivity index (χ3v) is 5.67. The van der Waals surface area contributed by atoms with Gasteiger partial charge in [0.25, 0.3) is 10.1 Å². The first-order valence-corrected chi connectivity index (χ1v) is 9.48. The van der Waals surface area contributed by atoms with Gasteiger partial charge in [-0.15, -0.1) is 0 Å². The van der Waals surface area contributed by atoms with Crippen LogP contribution in [0.4, 0.5) is 0 Å². The monoisotopic (exact) mass is 342 g/mol. The van der Waals surface area contributed by atoms with Gasteiger partial charge in [0.2, 0.25) is 0 Å². The molecule has 0 bridgehead atoms. The largest absolute Gasteiger partial charge is 0.295 e. The van der Waals surface area contributed by atoms with Crippen molar-refractivity contribution < 1.29 is 13.0 Å². The Morgan fingerprint density at radius 1 is 0.696 bits per heavy atom. The fourth-order valence-corrected chi connectivity index (χ4v) is 4.33. The van der Waals surface area contributed by atoms with E-state index in [1.165, 1.54) is 11.4 Å². The summed E-state index contributed by atoms with van der Waals surface area (Å²) in [4.78, 5) is -0.0645. The molecule has 3 aromatic carbocycles. The summed E-state index contributed by atoms with van der Waals surface area (Å²) in [5.74, 6) is 0. The van der Waals surface area contributed by atoms with Gasteiger partial charge in [-0.2, -0.15) is 8.42 Å². The van der Waals surface area contributed by atoms with E-state index in [9.17, 15) is 13.0 Å². The maximum Gasteiger partial charge on any atom is 0.295 e. The van der Waals surface area contributed by atoms with E-state index in [1.54, 1.807) is 18.2 Å². The summed E-state index contributed by atoms with van der Waals surface area (Å²) < 4.78 is 32.8. The minimum atomic E-state index is -4.27. The molecule has 3 nitrogen and oxygen atoms in total. The zero-order chi connectivity index (χ0) is 16.3. The molecule has 0 saturated heterocycles. The Bertz CT molecular complexity index is 922. The van der Waals surface area contributed by atoms with E-state index in [1.807, 2.05) is 54.6 Å². The van der Waals surface area contributed by atoms with Gasteiger partial charge >= 0.3 is 0 Å². The van der Waals surface area contributed by atoms with Crippen LogP contribution in [0.15, 0.2) is 83.8 Å². The first-order valence-electron chi connectivity index (χ1n) is 7.04. The van der Waals surface area contributed by atoms with E-state index < -0.39 is 10.1 Å². The Kier molecular flexibility index (Phi) is 4.58. The van der Waals surface area contributed by atoms with Crippen molar-refractivity contribution in [2.45, 2.75) is 4.90 Å². The second-order valence-electron chi connectivity index (χ2n) is 5.01. The molecule has 1 unspecified atom stereocenters. The molecule has 3 aromatic rings. The molecule has 0 aliphatic carbocycles. The summed E-state index contributed by atoms with van der Waals surface area (Å²) >= 11 is 0. The molecule has 3 rings (SSSR count). The van der Waals surface area contributed by atoms with Crippen LogP contribution < -0.4 is 10.6 Å². The molecular formula is C18H15O3PS. The molecule has 0 amide bonds. The van der Waals surface area contributed by atoms with Crippen molar-refractivity contribution in [3.05, 3.63) is 78.9 Å². The minimum Gasteiger partial charge on any atom is -0.282 e. The van der Waals surface area contributed by atoms with Crippen LogP contribution in [0.25, 0.3) is 11.1 Å². The summed E-state index contributed by atoms with van der Waals surface area (Å²) in [6.45, 7) is 0. The lowest BCUT2D eigenvalue weighted by molar-refractivity contribution is 0.483. The van der Waals surface area contributed by atoms with Crippen LogP contribution in [-0.4, -0.2) is 13.0 Å². The number of benzene rings is 3. The van der Waals surface area contributed by atoms with Gasteiger partial charge in [0, 0.05) is 5.56 Å². The molecule has 1 N–H and O–H groups in total. The van der Waals surface area contributed by atoms with E-state index >= 15 is 0 Å². The molecule has 116 valence electrons. The molecule has 5 heteroatoms. The molecule has 0 fully saturated rings. The zero-order valence-corrected chi connectivity index (χ0v) is 14.0. The lowest BCUT2D eigenvalue weighted by Gasteiger charge is -2.12. The van der Waals surface area contributed by atoms with Crippen molar-refractivity contribution in [3.63, 3.8) is 0 Å². The van der Waals surface area contributed by atoms with Crippen LogP contribution in [0, 0.1) is 0 Å². The quantitative estimate of drug-likeness (QED) is 0.585. The minimum absolute atomic E-state index is 0.0645. The van der Waals surface area contributed by atoms with Gasteiger partial charge < -0.3 is 0 Å². The molecule has 1 atom stereocenters. The SMILES string of the molecule is O=S(=O)(O)c1ccccc1-c1ccccc1Pc1ccccc1. The van der Waals surface area contributed by atoms with E-state index in [0.717, 1.165) is 10.9 Å². The van der Waals surface area contributed by atoms with Crippen LogP contribution in [0.1, 0.15) is 0 Å². The first-order chi connectivity index (χ1) is 11.1. The first kappa shape index (κ1) is 15.9. The van der Waals surface area contributed by atoms with Crippen molar-refractivity contribution in [1.29, 1.82) is 0 Å². The zero-order valence-electron chi connectivity index (χ0n) is 12.2. The fraction of sp³-hybridized carbons (Fsp3) is 0. The average molecular weight is 342 g/mol. The third-order valence-electron chi connectivity index (χ3n) is 3.43. The van der Waals surface area contributed by atoms with Gasteiger partial charge in [0.05, 0.1) is 0 Å². The van der Waals surface area contributed by atoms with E-state index in [2.05, 4.69) is 0 Å². The molecular weight excluding hydrogens is 327 g/mol. The molecule has 0 aliphatic rings. The van der Waals surface area contributed by atoms with Crippen molar-refractivity contribution >= 4 is 29.3 Å². The van der Waals surface area contributed by atoms with Crippen LogP contribution in [0.2, 0.25) is 0 Å². The maximum atomic E-state index is 11.7. The van der Waals surface area contributed by atoms with Gasteiger partial charge in [-0.25, -0.2) is 0 Å². The van der Waals surface area contributed by atoms with Crippen molar-refractivity contribution in [2.75, 3.05) is 0 Å². The number of hydrogen-bond donors (Lipinski definition) is 1. The molecule has 0 saturated carbocycles. The molecule has 23 heavy (non-hydrogen) atoms. The van der Waals surface area contributed by atoms with Gasteiger partial charge in [0.1, 0.15) is 4.90 Å². The highest BCUT2D eigenvalue weighted by Crippen LogP contribution is 2.29. The average Bonchev–Trinajstić information content (AvgIpc) is 2.56. The summed E-state index contributed by atoms with van der Waals surface area (Å²) in [7, 11) is -3.86. The summed E-state index contributed by atoms with van der Waals surface area (Å²) in [6, 6.07) is 24.2. The van der Waals surface area contributed by atoms with E-state index in [0.29, 0.717) is 14.1 Å². The van der Waals surface area contributed by atoms with Crippen molar-refractivity contribution in [2.24, 2.45) is 0 Å². The van der Waals surface area contributed by atoms with Crippen molar-refractivity contribution in [3.8, 4) is 11.1 Å². The van der Waals surface area contributed by atoms with Gasteiger partial charge in [-0.3, -0.25) is 4.55 Å². The Balaban J connectivity index is 2.12. The van der Waals surface area contributed by atoms with Crippen LogP contribution in [-0.2, 0) is 10.1 Å². The lowest BCUT2D eigenvalue weighted by Crippen LogP contribution is -2.08. The van der Waals surface area contributed by atoms with Crippen LogP contribution >= 0.6 is 8.58 Å². The maximum absolute atomic E-state index is 11.7. The van der Waals surface area contributed by atoms with Gasteiger partial charge in [-0.1, -0.05) is 81.4 Å². The molecule has 0 radical (unpaired) electrons. The number of rotatable bonds is 4. The second-order valence-corrected chi connectivity index (χ2v) is 7.76.